The molecule has 2 aromatic rings. The predicted molar refractivity (Wildman–Crippen MR) is 54.2 cm³/mol. The third-order valence-corrected chi connectivity index (χ3v) is 1.97. The van der Waals surface area contributed by atoms with Crippen LogP contribution in [-0.4, -0.2) is 0 Å². The van der Waals surface area contributed by atoms with E-state index in [1.807, 2.05) is 12.1 Å². The van der Waals surface area contributed by atoms with Gasteiger partial charge in [-0.3, -0.25) is 0 Å². The Bertz CT molecular complexity index is 464. The molecule has 2 rings (SSSR count). The summed E-state index contributed by atoms with van der Waals surface area (Å²) in [4.78, 5) is 0. The van der Waals surface area contributed by atoms with Crippen molar-refractivity contribution in [1.82, 2.24) is 0 Å². The van der Waals surface area contributed by atoms with Crippen LogP contribution in [0.4, 0.5) is 0 Å². The van der Waals surface area contributed by atoms with E-state index in [0.29, 0.717) is 0 Å². The van der Waals surface area contributed by atoms with Crippen LogP contribution < -0.4 is 10.4 Å². The molecule has 0 heteroatoms. The number of rotatable bonds is 0. The van der Waals surface area contributed by atoms with Crippen LogP contribution in [0.3, 0.4) is 0 Å². The SMILES string of the molecule is C=c1ccc2c[cH+]c(=C)[cH-]c2c1. The Labute approximate surface area is 71.5 Å². The largest absolute Gasteiger partial charge is 0.0917 e. The van der Waals surface area contributed by atoms with Crippen molar-refractivity contribution in [2.75, 3.05) is 0 Å². The Morgan fingerprint density at radius 2 is 2.08 bits per heavy atom. The zero-order chi connectivity index (χ0) is 8.55. The van der Waals surface area contributed by atoms with Gasteiger partial charge in [0.1, 0.15) is 0 Å². The van der Waals surface area contributed by atoms with Crippen LogP contribution in [0.5, 0.6) is 0 Å². The molecule has 0 aliphatic heterocycles. The van der Waals surface area contributed by atoms with Gasteiger partial charge in [0.2, 0.25) is 0 Å². The molecule has 0 radical (unpaired) electrons. The van der Waals surface area contributed by atoms with Gasteiger partial charge in [-0.15, -0.1) is 0 Å². The highest BCUT2D eigenvalue weighted by Gasteiger charge is 1.88. The van der Waals surface area contributed by atoms with Gasteiger partial charge < -0.3 is 0 Å². The molecule has 0 N–H and O–H groups in total. The molecule has 0 atom stereocenters. The predicted octanol–water partition coefficient (Wildman–Crippen LogP) is 1.66. The summed E-state index contributed by atoms with van der Waals surface area (Å²) in [7, 11) is 0. The standard InChI is InChI=1S/C12H10/c1-9-3-5-11-6-4-10(2)8-12(11)7-9/h3-8H,1-2H2. The average Bonchev–Trinajstić information content (AvgIpc) is 2.03. The molecule has 12 heavy (non-hydrogen) atoms. The van der Waals surface area contributed by atoms with E-state index in [9.17, 15) is 0 Å². The molecular formula is C12H10. The first kappa shape index (κ1) is 7.11. The second-order valence-electron chi connectivity index (χ2n) is 3.02. The highest BCUT2D eigenvalue weighted by Crippen LogP contribution is 2.06. The minimum atomic E-state index is 1.05. The van der Waals surface area contributed by atoms with Crippen molar-refractivity contribution in [2.45, 2.75) is 0 Å². The minimum absolute atomic E-state index is 1.05. The molecule has 0 fully saturated rings. The Hall–Kier alpha value is -1.56. The Balaban J connectivity index is 2.98. The van der Waals surface area contributed by atoms with Gasteiger partial charge >= 0.3 is 0 Å². The van der Waals surface area contributed by atoms with Gasteiger partial charge in [-0.2, -0.15) is 0 Å². The zero-order valence-corrected chi connectivity index (χ0v) is 6.88. The quantitative estimate of drug-likeness (QED) is 0.506. The lowest BCUT2D eigenvalue weighted by atomic mass is 10.1. The molecule has 0 bridgehead atoms. The summed E-state index contributed by atoms with van der Waals surface area (Å²) >= 11 is 0. The van der Waals surface area contributed by atoms with Gasteiger partial charge in [-0.25, -0.2) is 0 Å². The third kappa shape index (κ3) is 1.12. The third-order valence-electron chi connectivity index (χ3n) is 1.97. The molecule has 0 saturated heterocycles. The van der Waals surface area contributed by atoms with E-state index in [2.05, 4.69) is 37.4 Å². The molecule has 0 amide bonds. The van der Waals surface area contributed by atoms with Crippen molar-refractivity contribution >= 4 is 23.9 Å². The molecule has 2 aromatic carbocycles. The summed E-state index contributed by atoms with van der Waals surface area (Å²) in [5.41, 5.74) is 0. The van der Waals surface area contributed by atoms with Gasteiger partial charge in [0.05, 0.1) is 0 Å². The lowest BCUT2D eigenvalue weighted by Gasteiger charge is -1.95. The summed E-state index contributed by atoms with van der Waals surface area (Å²) in [5, 5.41) is 4.56. The van der Waals surface area contributed by atoms with Crippen LogP contribution in [0.15, 0.2) is 36.4 Å². The first-order valence-electron chi connectivity index (χ1n) is 3.93. The Kier molecular flexibility index (Phi) is 1.47. The maximum absolute atomic E-state index is 3.88. The molecule has 58 valence electrons. The lowest BCUT2D eigenvalue weighted by molar-refractivity contribution is 1.64. The van der Waals surface area contributed by atoms with Gasteiger partial charge in [-0.05, 0) is 33.3 Å². The van der Waals surface area contributed by atoms with Crippen molar-refractivity contribution in [3.63, 3.8) is 0 Å². The highest BCUT2D eigenvalue weighted by atomic mass is 13.9. The number of hydrogen-bond donors (Lipinski definition) is 0. The topological polar surface area (TPSA) is 0 Å². The average molecular weight is 154 g/mol. The van der Waals surface area contributed by atoms with E-state index in [1.165, 1.54) is 10.8 Å². The number of benzene rings is 2. The molecule has 0 aliphatic carbocycles. The monoisotopic (exact) mass is 154 g/mol. The van der Waals surface area contributed by atoms with Crippen molar-refractivity contribution in [3.05, 3.63) is 46.8 Å². The highest BCUT2D eigenvalue weighted by molar-refractivity contribution is 5.82. The molecular weight excluding hydrogens is 144 g/mol. The van der Waals surface area contributed by atoms with Crippen molar-refractivity contribution < 1.29 is 0 Å². The smallest absolute Gasteiger partial charge is 0.0173 e. The summed E-state index contributed by atoms with van der Waals surface area (Å²) in [6.07, 6.45) is 0. The first-order valence-corrected chi connectivity index (χ1v) is 3.93. The lowest BCUT2D eigenvalue weighted by Crippen LogP contribution is -1.98. The summed E-state index contributed by atoms with van der Waals surface area (Å²) in [5.74, 6) is 0. The molecule has 0 aliphatic rings. The summed E-state index contributed by atoms with van der Waals surface area (Å²) in [6, 6.07) is 12.3. The van der Waals surface area contributed by atoms with Crippen molar-refractivity contribution in [1.29, 1.82) is 0 Å². The second kappa shape index (κ2) is 2.49. The van der Waals surface area contributed by atoms with Crippen molar-refractivity contribution in [3.8, 4) is 0 Å². The molecule has 0 heterocycles. The van der Waals surface area contributed by atoms with Crippen molar-refractivity contribution in [2.24, 2.45) is 0 Å². The van der Waals surface area contributed by atoms with Crippen LogP contribution in [0.25, 0.3) is 23.9 Å². The number of fused-ring (bicyclic) bond motifs is 1. The maximum Gasteiger partial charge on any atom is -0.0173 e. The first-order chi connectivity index (χ1) is 5.75. The fourth-order valence-corrected chi connectivity index (χ4v) is 1.35. The van der Waals surface area contributed by atoms with Gasteiger partial charge in [0, 0.05) is 0 Å². The molecule has 0 unspecified atom stereocenters. The van der Waals surface area contributed by atoms with Crippen LogP contribution in [0, 0.1) is 0 Å². The van der Waals surface area contributed by atoms with Gasteiger partial charge in [0.25, 0.3) is 0 Å². The summed E-state index contributed by atoms with van der Waals surface area (Å²) in [6.45, 7) is 7.76. The van der Waals surface area contributed by atoms with E-state index in [4.69, 9.17) is 0 Å². The van der Waals surface area contributed by atoms with Crippen LogP contribution >= 0.6 is 0 Å². The Morgan fingerprint density at radius 1 is 1.25 bits per heavy atom. The van der Waals surface area contributed by atoms with Crippen LogP contribution in [0.1, 0.15) is 0 Å². The molecule has 0 nitrogen and oxygen atoms in total. The van der Waals surface area contributed by atoms with E-state index >= 15 is 0 Å². The van der Waals surface area contributed by atoms with E-state index in [-0.39, 0.29) is 0 Å². The molecule has 0 saturated carbocycles. The van der Waals surface area contributed by atoms with Crippen LogP contribution in [-0.2, 0) is 0 Å². The normalized spacial score (nSPS) is 10.3. The molecule has 0 spiro atoms. The second-order valence-corrected chi connectivity index (χ2v) is 3.02. The number of hydrogen-bond acceptors (Lipinski definition) is 0. The fourth-order valence-electron chi connectivity index (χ4n) is 1.35. The summed E-state index contributed by atoms with van der Waals surface area (Å²) < 4.78 is 0. The van der Waals surface area contributed by atoms with Crippen LogP contribution in [0.2, 0.25) is 0 Å². The fraction of sp³-hybridized carbons (Fsp3) is 0. The zero-order valence-electron chi connectivity index (χ0n) is 6.88. The minimum Gasteiger partial charge on any atom is -0.0917 e. The Morgan fingerprint density at radius 3 is 2.92 bits per heavy atom. The van der Waals surface area contributed by atoms with E-state index in [1.54, 1.807) is 0 Å². The molecule has 0 aromatic heterocycles. The van der Waals surface area contributed by atoms with E-state index in [0.717, 1.165) is 10.4 Å². The van der Waals surface area contributed by atoms with Gasteiger partial charge in [0.15, 0.2) is 0 Å². The van der Waals surface area contributed by atoms with Gasteiger partial charge in [-0.1, -0.05) is 37.4 Å². The van der Waals surface area contributed by atoms with E-state index < -0.39 is 0 Å². The maximum atomic E-state index is 3.88.